The molecule has 0 aliphatic carbocycles. The van der Waals surface area contributed by atoms with Crippen LogP contribution in [0, 0.1) is 13.8 Å². The van der Waals surface area contributed by atoms with E-state index in [1.807, 2.05) is 26.0 Å². The fraction of sp³-hybridized carbons (Fsp3) is 0.316. The molecule has 0 aliphatic rings. The summed E-state index contributed by atoms with van der Waals surface area (Å²) < 4.78 is 16.0. The summed E-state index contributed by atoms with van der Waals surface area (Å²) in [6.07, 6.45) is 0. The fourth-order valence-corrected chi connectivity index (χ4v) is 2.52. The van der Waals surface area contributed by atoms with Gasteiger partial charge in [0.1, 0.15) is 22.8 Å². The molecule has 0 aliphatic heterocycles. The monoisotopic (exact) mass is 329 g/mol. The number of methoxy groups -OCH3 is 3. The van der Waals surface area contributed by atoms with Crippen molar-refractivity contribution in [2.24, 2.45) is 0 Å². The number of rotatable bonds is 6. The lowest BCUT2D eigenvalue weighted by atomic mass is 10.0. The predicted octanol–water partition coefficient (Wildman–Crippen LogP) is 3.26. The summed E-state index contributed by atoms with van der Waals surface area (Å²) in [5.74, 6) is 1.44. The highest BCUT2D eigenvalue weighted by Crippen LogP contribution is 2.28. The van der Waals surface area contributed by atoms with Crippen LogP contribution in [0.4, 0.5) is 0 Å². The lowest BCUT2D eigenvalue weighted by molar-refractivity contribution is 0.0944. The third-order valence-electron chi connectivity index (χ3n) is 3.99. The molecule has 24 heavy (non-hydrogen) atoms. The van der Waals surface area contributed by atoms with Gasteiger partial charge in [0.2, 0.25) is 0 Å². The molecule has 0 saturated heterocycles. The Kier molecular flexibility index (Phi) is 5.68. The first kappa shape index (κ1) is 17.7. The van der Waals surface area contributed by atoms with E-state index in [4.69, 9.17) is 14.2 Å². The minimum atomic E-state index is -0.260. The van der Waals surface area contributed by atoms with Gasteiger partial charge in [-0.05, 0) is 43.2 Å². The molecule has 0 heterocycles. The van der Waals surface area contributed by atoms with E-state index in [1.165, 1.54) is 14.2 Å². The number of ether oxygens (including phenoxy) is 3. The Morgan fingerprint density at radius 2 is 1.46 bits per heavy atom. The molecule has 2 aromatic carbocycles. The molecule has 5 nitrogen and oxygen atoms in total. The van der Waals surface area contributed by atoms with Crippen LogP contribution in [0.2, 0.25) is 0 Å². The molecule has 0 spiro atoms. The quantitative estimate of drug-likeness (QED) is 0.884. The molecule has 128 valence electrons. The van der Waals surface area contributed by atoms with E-state index in [9.17, 15) is 4.79 Å². The third-order valence-corrected chi connectivity index (χ3v) is 3.99. The van der Waals surface area contributed by atoms with Gasteiger partial charge in [0, 0.05) is 12.1 Å². The Balaban J connectivity index is 2.25. The molecule has 2 rings (SSSR count). The first-order valence-corrected chi connectivity index (χ1v) is 7.65. The second-order valence-electron chi connectivity index (χ2n) is 5.47. The van der Waals surface area contributed by atoms with Gasteiger partial charge in [-0.25, -0.2) is 0 Å². The fourth-order valence-electron chi connectivity index (χ4n) is 2.52. The van der Waals surface area contributed by atoms with E-state index >= 15 is 0 Å². The molecule has 1 N–H and O–H groups in total. The Labute approximate surface area is 142 Å². The zero-order valence-corrected chi connectivity index (χ0v) is 14.7. The third kappa shape index (κ3) is 3.62. The van der Waals surface area contributed by atoms with E-state index < -0.39 is 0 Å². The first-order chi connectivity index (χ1) is 11.5. The maximum absolute atomic E-state index is 12.6. The van der Waals surface area contributed by atoms with Gasteiger partial charge in [-0.1, -0.05) is 12.1 Å². The van der Waals surface area contributed by atoms with Gasteiger partial charge in [0.25, 0.3) is 5.91 Å². The van der Waals surface area contributed by atoms with Gasteiger partial charge in [0.05, 0.1) is 21.3 Å². The van der Waals surface area contributed by atoms with Crippen molar-refractivity contribution in [3.8, 4) is 17.2 Å². The largest absolute Gasteiger partial charge is 0.496 e. The lowest BCUT2D eigenvalue weighted by Crippen LogP contribution is -2.24. The number of amides is 1. The summed E-state index contributed by atoms with van der Waals surface area (Å²) in [7, 11) is 4.68. The molecule has 5 heteroatoms. The molecule has 0 fully saturated rings. The molecule has 0 aromatic heterocycles. The smallest absolute Gasteiger partial charge is 0.259 e. The van der Waals surface area contributed by atoms with Crippen molar-refractivity contribution in [2.45, 2.75) is 20.4 Å². The number of benzene rings is 2. The van der Waals surface area contributed by atoms with Gasteiger partial charge < -0.3 is 19.5 Å². The average Bonchev–Trinajstić information content (AvgIpc) is 2.61. The number of nitrogens with one attached hydrogen (secondary N) is 1. The van der Waals surface area contributed by atoms with Crippen LogP contribution in [0.3, 0.4) is 0 Å². The molecular weight excluding hydrogens is 306 g/mol. The summed E-state index contributed by atoms with van der Waals surface area (Å²) in [5, 5.41) is 2.91. The average molecular weight is 329 g/mol. The molecule has 1 amide bonds. The van der Waals surface area contributed by atoms with Crippen molar-refractivity contribution in [3.63, 3.8) is 0 Å². The highest BCUT2D eigenvalue weighted by Gasteiger charge is 2.18. The molecular formula is C19H23NO4. The Hall–Kier alpha value is -2.69. The van der Waals surface area contributed by atoms with Crippen molar-refractivity contribution >= 4 is 5.91 Å². The van der Waals surface area contributed by atoms with Crippen LogP contribution in [0.25, 0.3) is 0 Å². The molecule has 0 bridgehead atoms. The van der Waals surface area contributed by atoms with Crippen LogP contribution >= 0.6 is 0 Å². The molecule has 0 unspecified atom stereocenters. The summed E-state index contributed by atoms with van der Waals surface area (Å²) >= 11 is 0. The van der Waals surface area contributed by atoms with Gasteiger partial charge in [-0.2, -0.15) is 0 Å². The lowest BCUT2D eigenvalue weighted by Gasteiger charge is -2.15. The van der Waals surface area contributed by atoms with Crippen molar-refractivity contribution in [1.29, 1.82) is 0 Å². The SMILES string of the molecule is COc1cc(C)c(C)cc1CNC(=O)c1c(OC)cccc1OC. The second-order valence-corrected chi connectivity index (χ2v) is 5.47. The van der Waals surface area contributed by atoms with Gasteiger partial charge in [0.15, 0.2) is 0 Å². The van der Waals surface area contributed by atoms with E-state index in [0.717, 1.165) is 22.4 Å². The number of aryl methyl sites for hydroxylation is 2. The minimum Gasteiger partial charge on any atom is -0.496 e. The van der Waals surface area contributed by atoms with E-state index in [1.54, 1.807) is 25.3 Å². The van der Waals surface area contributed by atoms with Gasteiger partial charge >= 0.3 is 0 Å². The molecule has 0 saturated carbocycles. The second kappa shape index (κ2) is 7.73. The highest BCUT2D eigenvalue weighted by atomic mass is 16.5. The number of carbonyl (C=O) groups excluding carboxylic acids is 1. The molecule has 0 atom stereocenters. The van der Waals surface area contributed by atoms with Crippen LogP contribution in [0.15, 0.2) is 30.3 Å². The zero-order chi connectivity index (χ0) is 17.7. The maximum atomic E-state index is 12.6. The van der Waals surface area contributed by atoms with Crippen LogP contribution in [-0.2, 0) is 6.54 Å². The van der Waals surface area contributed by atoms with E-state index in [2.05, 4.69) is 5.32 Å². The predicted molar refractivity (Wildman–Crippen MR) is 93.2 cm³/mol. The normalized spacial score (nSPS) is 10.2. The maximum Gasteiger partial charge on any atom is 0.259 e. The van der Waals surface area contributed by atoms with Crippen molar-refractivity contribution in [2.75, 3.05) is 21.3 Å². The van der Waals surface area contributed by atoms with Crippen LogP contribution in [0.1, 0.15) is 27.0 Å². The Morgan fingerprint density at radius 3 is 2.00 bits per heavy atom. The van der Waals surface area contributed by atoms with Gasteiger partial charge in [-0.3, -0.25) is 4.79 Å². The Morgan fingerprint density at radius 1 is 0.917 bits per heavy atom. The molecule has 2 aromatic rings. The summed E-state index contributed by atoms with van der Waals surface area (Å²) in [6.45, 7) is 4.41. The van der Waals surface area contributed by atoms with Crippen LogP contribution in [-0.4, -0.2) is 27.2 Å². The highest BCUT2D eigenvalue weighted by molar-refractivity contribution is 5.99. The summed E-state index contributed by atoms with van der Waals surface area (Å²) in [4.78, 5) is 12.6. The van der Waals surface area contributed by atoms with Crippen molar-refractivity contribution in [3.05, 3.63) is 52.6 Å². The number of hydrogen-bond acceptors (Lipinski definition) is 4. The van der Waals surface area contributed by atoms with Crippen LogP contribution in [0.5, 0.6) is 17.2 Å². The van der Waals surface area contributed by atoms with Gasteiger partial charge in [-0.15, -0.1) is 0 Å². The standard InChI is InChI=1S/C19H23NO4/c1-12-9-14(17(24-5)10-13(12)2)11-20-19(21)18-15(22-3)7-6-8-16(18)23-4/h6-10H,11H2,1-5H3,(H,20,21). The zero-order valence-electron chi connectivity index (χ0n) is 14.7. The van der Waals surface area contributed by atoms with Crippen molar-refractivity contribution in [1.82, 2.24) is 5.32 Å². The summed E-state index contributed by atoms with van der Waals surface area (Å²) in [5.41, 5.74) is 3.59. The molecule has 0 radical (unpaired) electrons. The summed E-state index contributed by atoms with van der Waals surface area (Å²) in [6, 6.07) is 9.23. The first-order valence-electron chi connectivity index (χ1n) is 7.65. The van der Waals surface area contributed by atoms with Crippen molar-refractivity contribution < 1.29 is 19.0 Å². The van der Waals surface area contributed by atoms with E-state index in [-0.39, 0.29) is 5.91 Å². The number of carbonyl (C=O) groups is 1. The van der Waals surface area contributed by atoms with E-state index in [0.29, 0.717) is 23.6 Å². The topological polar surface area (TPSA) is 56.8 Å². The Bertz CT molecular complexity index is 718. The number of hydrogen-bond donors (Lipinski definition) is 1. The minimum absolute atomic E-state index is 0.260. The van der Waals surface area contributed by atoms with Crippen LogP contribution < -0.4 is 19.5 Å².